The van der Waals surface area contributed by atoms with E-state index in [9.17, 15) is 39.3 Å². The minimum atomic E-state index is -1.61. The first-order valence-corrected chi connectivity index (χ1v) is 25.0. The molecule has 4 heterocycles. The van der Waals surface area contributed by atoms with Crippen LogP contribution in [-0.4, -0.2) is 158 Å². The highest BCUT2D eigenvalue weighted by Crippen LogP contribution is 2.31. The number of rotatable bonds is 27. The van der Waals surface area contributed by atoms with Crippen molar-refractivity contribution in [1.82, 2.24) is 29.7 Å². The van der Waals surface area contributed by atoms with E-state index in [0.717, 1.165) is 53.8 Å². The normalized spacial score (nSPS) is 18.5. The molecule has 22 nitrogen and oxygen atoms in total. The van der Waals surface area contributed by atoms with Gasteiger partial charge in [-0.15, -0.1) is 0 Å². The lowest BCUT2D eigenvalue weighted by Gasteiger charge is -2.35. The molecule has 2 saturated heterocycles. The fourth-order valence-electron chi connectivity index (χ4n) is 8.49. The molecule has 2 fully saturated rings. The molecule has 0 bridgehead atoms. The van der Waals surface area contributed by atoms with Gasteiger partial charge >= 0.3 is 12.1 Å². The van der Waals surface area contributed by atoms with Crippen molar-refractivity contribution in [3.63, 3.8) is 0 Å². The van der Waals surface area contributed by atoms with Crippen molar-refractivity contribution in [3.05, 3.63) is 70.9 Å². The number of ketones is 1. The van der Waals surface area contributed by atoms with Gasteiger partial charge in [-0.2, -0.15) is 4.98 Å². The second-order valence-corrected chi connectivity index (χ2v) is 18.6. The van der Waals surface area contributed by atoms with Crippen LogP contribution >= 0.6 is 0 Å². The molecule has 1 unspecified atom stereocenters. The highest BCUT2D eigenvalue weighted by Gasteiger charge is 2.39. The number of hydrogen-bond donors (Lipinski definition) is 8. The van der Waals surface area contributed by atoms with E-state index in [2.05, 4.69) is 67.4 Å². The first-order valence-electron chi connectivity index (χ1n) is 25.0. The lowest BCUT2D eigenvalue weighted by molar-refractivity contribution is -0.241. The Hall–Kier alpha value is -6.43. The van der Waals surface area contributed by atoms with Gasteiger partial charge < -0.3 is 70.5 Å². The van der Waals surface area contributed by atoms with E-state index in [1.54, 1.807) is 17.9 Å². The summed E-state index contributed by atoms with van der Waals surface area (Å²) in [6.07, 6.45) is -0.821. The minimum absolute atomic E-state index is 0.0133. The van der Waals surface area contributed by atoms with E-state index < -0.39 is 48.5 Å². The fraction of sp³-hybridized carbons (Fsp3) is 0.549. The van der Waals surface area contributed by atoms with Crippen LogP contribution < -0.4 is 26.4 Å². The van der Waals surface area contributed by atoms with Crippen LogP contribution in [-0.2, 0) is 53.1 Å². The third-order valence-electron chi connectivity index (χ3n) is 12.8. The number of unbranched alkanes of at least 4 members (excludes halogenated alkanes) is 2. The Balaban J connectivity index is 0.962. The number of nitrogens with one attached hydrogen (secondary N) is 3. The molecule has 2 aliphatic heterocycles. The lowest BCUT2D eigenvalue weighted by atomic mass is 9.99. The van der Waals surface area contributed by atoms with Crippen LogP contribution in [0.5, 0.6) is 5.75 Å². The number of nitrogens with two attached hydrogens (primary N) is 1. The summed E-state index contributed by atoms with van der Waals surface area (Å²) >= 11 is 0. The van der Waals surface area contributed by atoms with Gasteiger partial charge in [0.15, 0.2) is 5.82 Å². The number of fused-ring (bicyclic) bond motifs is 1. The summed E-state index contributed by atoms with van der Waals surface area (Å²) in [4.78, 5) is 74.6. The van der Waals surface area contributed by atoms with Crippen LogP contribution in [0.15, 0.2) is 48.7 Å². The minimum Gasteiger partial charge on any atom is -0.481 e. The molecule has 5 atom stereocenters. The monoisotopic (exact) mass is 1020 g/mol. The summed E-state index contributed by atoms with van der Waals surface area (Å²) < 4.78 is 24.6. The first-order chi connectivity index (χ1) is 35.1. The third-order valence-corrected chi connectivity index (χ3v) is 12.8. The summed E-state index contributed by atoms with van der Waals surface area (Å²) in [5.41, 5.74) is 11.9. The molecule has 2 aromatic heterocycles. The Labute approximate surface area is 424 Å². The van der Waals surface area contributed by atoms with Crippen molar-refractivity contribution in [3.8, 4) is 5.75 Å². The SMILES string of the molecule is CCCCCNc1nc(N)nc2ccn(Cc3ccc(CN4CCN(C(=O)OCc5ccc(O[C@@H]6OC[C@@H](O)[C@H](O)[C@H]6O)c(NC(=O)CCNC(=O)CCOCCCC(=O)C(C)CC(=O)O)c5)CC4)cc3C)c12. The Morgan fingerprint density at radius 3 is 2.41 bits per heavy atom. The summed E-state index contributed by atoms with van der Waals surface area (Å²) in [5.74, 6) is -1.61. The van der Waals surface area contributed by atoms with Crippen molar-refractivity contribution >= 4 is 58.1 Å². The van der Waals surface area contributed by atoms with Gasteiger partial charge in [0.05, 0.1) is 30.8 Å². The maximum Gasteiger partial charge on any atom is 0.410 e. The highest BCUT2D eigenvalue weighted by atomic mass is 16.7. The number of piperazine rings is 1. The molecular formula is C51H71N9O13. The third kappa shape index (κ3) is 16.8. The van der Waals surface area contributed by atoms with Gasteiger partial charge in [0.25, 0.3) is 0 Å². The van der Waals surface area contributed by atoms with E-state index in [-0.39, 0.29) is 87.7 Å². The zero-order chi connectivity index (χ0) is 52.4. The number of hydrogen-bond acceptors (Lipinski definition) is 17. The van der Waals surface area contributed by atoms with Crippen LogP contribution in [0.3, 0.4) is 0 Å². The van der Waals surface area contributed by atoms with Crippen molar-refractivity contribution in [2.45, 2.75) is 116 Å². The van der Waals surface area contributed by atoms with Gasteiger partial charge in [0.2, 0.25) is 24.1 Å². The number of carboxylic acid groups (broad SMARTS) is 1. The average Bonchev–Trinajstić information content (AvgIpc) is 3.76. The van der Waals surface area contributed by atoms with E-state index >= 15 is 0 Å². The van der Waals surface area contributed by atoms with E-state index in [1.807, 2.05) is 12.3 Å². The molecule has 6 rings (SSSR count). The quantitative estimate of drug-likeness (QED) is 0.0396. The molecule has 4 aromatic rings. The fourth-order valence-corrected chi connectivity index (χ4v) is 8.49. The average molecular weight is 1020 g/mol. The van der Waals surface area contributed by atoms with Crippen molar-refractivity contribution < 1.29 is 63.3 Å². The number of nitrogens with zero attached hydrogens (tertiary/aromatic N) is 5. The van der Waals surface area contributed by atoms with E-state index in [4.69, 9.17) is 29.8 Å². The van der Waals surface area contributed by atoms with Crippen molar-refractivity contribution in [1.29, 1.82) is 0 Å². The summed E-state index contributed by atoms with van der Waals surface area (Å²) in [5, 5.41) is 48.4. The largest absolute Gasteiger partial charge is 0.481 e. The molecule has 2 aromatic carbocycles. The highest BCUT2D eigenvalue weighted by molar-refractivity contribution is 5.93. The number of Topliss-reactive ketones (excluding diaryl/α,β-unsaturated/α-hetero) is 1. The number of carbonyl (C=O) groups is 5. The number of aliphatic carboxylic acids is 1. The zero-order valence-corrected chi connectivity index (χ0v) is 41.9. The van der Waals surface area contributed by atoms with Gasteiger partial charge in [0.1, 0.15) is 42.0 Å². The second kappa shape index (κ2) is 27.6. The molecule has 3 amide bonds. The summed E-state index contributed by atoms with van der Waals surface area (Å²) in [7, 11) is 0. The lowest BCUT2D eigenvalue weighted by Crippen LogP contribution is -2.54. The molecule has 0 radical (unpaired) electrons. The topological polar surface area (TPSA) is 302 Å². The van der Waals surface area contributed by atoms with Crippen molar-refractivity contribution in [2.24, 2.45) is 5.92 Å². The first kappa shape index (κ1) is 55.9. The molecule has 9 N–H and O–H groups in total. The van der Waals surface area contributed by atoms with Crippen molar-refractivity contribution in [2.75, 3.05) is 75.5 Å². The smallest absolute Gasteiger partial charge is 0.410 e. The Morgan fingerprint density at radius 2 is 1.66 bits per heavy atom. The molecule has 0 spiro atoms. The Morgan fingerprint density at radius 1 is 0.877 bits per heavy atom. The van der Waals surface area contributed by atoms with Crippen LogP contribution in [0.4, 0.5) is 22.2 Å². The van der Waals surface area contributed by atoms with Crippen LogP contribution in [0.2, 0.25) is 0 Å². The number of carboxylic acids is 1. The van der Waals surface area contributed by atoms with Gasteiger partial charge in [0, 0.05) is 90.3 Å². The van der Waals surface area contributed by atoms with Crippen LogP contribution in [0.25, 0.3) is 11.0 Å². The van der Waals surface area contributed by atoms with Crippen LogP contribution in [0.1, 0.15) is 87.5 Å². The number of benzene rings is 2. The zero-order valence-electron chi connectivity index (χ0n) is 41.9. The van der Waals surface area contributed by atoms with Gasteiger partial charge in [-0.25, -0.2) is 9.78 Å². The standard InChI is InChI=1S/C51H71N9O13/c1-4-5-6-16-54-48-45-37(56-50(52)57-48)14-18-60(45)29-36-11-9-34(25-32(36)2)28-58-19-21-59(22-20-58)51(69)72-30-35-10-12-41(73-49-47(68)46(67)40(62)31-71-49)38(27-35)55-43(64)13-17-53-42(63)15-24-70-23-7-8-39(61)33(3)26-44(65)66/h9-12,14,18,25,27,33,40,46-47,49,62,67-68H,4-8,13,15-17,19-24,26,28-31H2,1-3H3,(H,53,63)(H,55,64)(H,65,66)(H3,52,54,56,57)/t33?,40-,46+,47-,49+/m1/s1. The summed E-state index contributed by atoms with van der Waals surface area (Å²) in [6.45, 7) is 10.1. The number of aliphatic hydroxyl groups is 3. The van der Waals surface area contributed by atoms with Crippen LogP contribution in [0, 0.1) is 12.8 Å². The molecule has 398 valence electrons. The molecule has 0 aliphatic carbocycles. The molecule has 73 heavy (non-hydrogen) atoms. The number of aromatic nitrogens is 3. The predicted octanol–water partition coefficient (Wildman–Crippen LogP) is 3.56. The number of carbonyl (C=O) groups excluding carboxylic acids is 4. The Kier molecular flexibility index (Phi) is 21.1. The number of aliphatic hydroxyl groups excluding tert-OH is 3. The summed E-state index contributed by atoms with van der Waals surface area (Å²) in [6, 6.07) is 13.1. The number of anilines is 3. The molecular weight excluding hydrogens is 947 g/mol. The number of aryl methyl sites for hydroxylation is 1. The number of amides is 3. The number of ether oxygens (including phenoxy) is 4. The molecule has 2 aliphatic rings. The Bertz CT molecular complexity index is 2500. The maximum absolute atomic E-state index is 13.3. The molecule has 22 heteroatoms. The number of nitrogen functional groups attached to an aromatic ring is 1. The van der Waals surface area contributed by atoms with Gasteiger partial charge in [-0.1, -0.05) is 51.0 Å². The maximum atomic E-state index is 13.3. The van der Waals surface area contributed by atoms with Gasteiger partial charge in [-0.3, -0.25) is 24.1 Å². The van der Waals surface area contributed by atoms with Gasteiger partial charge in [-0.05, 0) is 60.2 Å². The van der Waals surface area contributed by atoms with E-state index in [0.29, 0.717) is 51.3 Å². The second-order valence-electron chi connectivity index (χ2n) is 18.6. The predicted molar refractivity (Wildman–Crippen MR) is 269 cm³/mol. The van der Waals surface area contributed by atoms with E-state index in [1.165, 1.54) is 17.7 Å². The molecule has 0 saturated carbocycles.